The van der Waals surface area contributed by atoms with Crippen molar-refractivity contribution in [1.29, 1.82) is 0 Å². The normalized spacial score (nSPS) is 12.1. The van der Waals surface area contributed by atoms with Gasteiger partial charge in [-0.2, -0.15) is 0 Å². The van der Waals surface area contributed by atoms with E-state index in [0.29, 0.717) is 13.0 Å². The minimum atomic E-state index is -0.803. The van der Waals surface area contributed by atoms with Gasteiger partial charge >= 0.3 is 5.97 Å². The van der Waals surface area contributed by atoms with E-state index in [2.05, 4.69) is 11.9 Å². The molecule has 1 aromatic rings. The Hall–Kier alpha value is -1.32. The molecular weight excluding hydrogens is 250 g/mol. The van der Waals surface area contributed by atoms with Crippen LogP contribution in [0.5, 0.6) is 0 Å². The fraction of sp³-hybridized carbons (Fsp3) is 0.357. The molecule has 1 unspecified atom stereocenters. The van der Waals surface area contributed by atoms with Gasteiger partial charge in [-0.3, -0.25) is 4.79 Å². The van der Waals surface area contributed by atoms with E-state index in [1.165, 1.54) is 0 Å². The van der Waals surface area contributed by atoms with Crippen molar-refractivity contribution in [2.45, 2.75) is 25.8 Å². The average molecular weight is 268 g/mol. The van der Waals surface area contributed by atoms with Gasteiger partial charge in [-0.1, -0.05) is 29.8 Å². The van der Waals surface area contributed by atoms with Crippen molar-refractivity contribution < 1.29 is 9.90 Å². The number of benzene rings is 1. The van der Waals surface area contributed by atoms with Crippen molar-refractivity contribution in [3.05, 3.63) is 47.0 Å². The molecule has 0 spiro atoms. The summed E-state index contributed by atoms with van der Waals surface area (Å²) in [5.41, 5.74) is 2.09. The summed E-state index contributed by atoms with van der Waals surface area (Å²) in [5, 5.41) is 12.8. The summed E-state index contributed by atoms with van der Waals surface area (Å²) in [4.78, 5) is 10.8. The lowest BCUT2D eigenvalue weighted by Gasteiger charge is -2.16. The molecule has 0 fully saturated rings. The van der Waals surface area contributed by atoms with Crippen LogP contribution < -0.4 is 5.32 Å². The monoisotopic (exact) mass is 267 g/mol. The summed E-state index contributed by atoms with van der Waals surface area (Å²) in [6.45, 7) is 6.16. The number of carboxylic acid groups (broad SMARTS) is 1. The Bertz CT molecular complexity index is 432. The van der Waals surface area contributed by atoms with Crippen LogP contribution in [0.3, 0.4) is 0 Å². The second-order valence-electron chi connectivity index (χ2n) is 4.28. The highest BCUT2D eigenvalue weighted by Gasteiger charge is 2.13. The van der Waals surface area contributed by atoms with E-state index in [1.807, 2.05) is 25.1 Å². The lowest BCUT2D eigenvalue weighted by molar-refractivity contribution is -0.137. The highest BCUT2D eigenvalue weighted by atomic mass is 35.5. The molecule has 2 N–H and O–H groups in total. The quantitative estimate of drug-likeness (QED) is 0.747. The lowest BCUT2D eigenvalue weighted by Crippen LogP contribution is -2.33. The molecule has 0 aliphatic carbocycles. The Labute approximate surface area is 112 Å². The maximum absolute atomic E-state index is 10.8. The lowest BCUT2D eigenvalue weighted by atomic mass is 10.0. The highest BCUT2D eigenvalue weighted by molar-refractivity contribution is 6.31. The third kappa shape index (κ3) is 4.90. The van der Waals surface area contributed by atoms with Crippen LogP contribution in [-0.4, -0.2) is 23.7 Å². The van der Waals surface area contributed by atoms with Gasteiger partial charge in [0, 0.05) is 17.6 Å². The van der Waals surface area contributed by atoms with Crippen molar-refractivity contribution in [2.75, 3.05) is 6.54 Å². The van der Waals surface area contributed by atoms with E-state index in [4.69, 9.17) is 16.7 Å². The minimum absolute atomic E-state index is 0.0928. The molecule has 0 bridgehead atoms. The van der Waals surface area contributed by atoms with E-state index < -0.39 is 5.97 Å². The van der Waals surface area contributed by atoms with Crippen LogP contribution in [-0.2, 0) is 11.2 Å². The Morgan fingerprint density at radius 2 is 2.33 bits per heavy atom. The number of rotatable bonds is 7. The van der Waals surface area contributed by atoms with E-state index in [1.54, 1.807) is 6.08 Å². The van der Waals surface area contributed by atoms with Crippen molar-refractivity contribution in [2.24, 2.45) is 0 Å². The fourth-order valence-electron chi connectivity index (χ4n) is 1.80. The summed E-state index contributed by atoms with van der Waals surface area (Å²) < 4.78 is 0. The summed E-state index contributed by atoms with van der Waals surface area (Å²) >= 11 is 5.96. The van der Waals surface area contributed by atoms with Crippen LogP contribution in [0, 0.1) is 6.92 Å². The van der Waals surface area contributed by atoms with Gasteiger partial charge in [0.2, 0.25) is 0 Å². The molecule has 1 atom stereocenters. The van der Waals surface area contributed by atoms with Crippen molar-refractivity contribution in [3.8, 4) is 0 Å². The molecule has 0 radical (unpaired) electrons. The molecular formula is C14H18ClNO2. The molecule has 3 nitrogen and oxygen atoms in total. The predicted octanol–water partition coefficient (Wildman–Crippen LogP) is 2.81. The first kappa shape index (κ1) is 14.7. The smallest absolute Gasteiger partial charge is 0.304 e. The van der Waals surface area contributed by atoms with Crippen molar-refractivity contribution in [1.82, 2.24) is 5.32 Å². The summed E-state index contributed by atoms with van der Waals surface area (Å²) in [5.74, 6) is -0.803. The van der Waals surface area contributed by atoms with Crippen molar-refractivity contribution >= 4 is 17.6 Å². The number of carbonyl (C=O) groups is 1. The number of aliphatic carboxylic acids is 1. The van der Waals surface area contributed by atoms with Gasteiger partial charge in [-0.15, -0.1) is 6.58 Å². The molecule has 1 aromatic carbocycles. The van der Waals surface area contributed by atoms with E-state index in [9.17, 15) is 4.79 Å². The summed E-state index contributed by atoms with van der Waals surface area (Å²) in [7, 11) is 0. The van der Waals surface area contributed by atoms with Crippen LogP contribution in [0.4, 0.5) is 0 Å². The van der Waals surface area contributed by atoms with Crippen LogP contribution in [0.1, 0.15) is 17.5 Å². The van der Waals surface area contributed by atoms with Gasteiger partial charge in [0.05, 0.1) is 6.42 Å². The number of halogens is 1. The first-order chi connectivity index (χ1) is 8.52. The molecule has 0 heterocycles. The third-order valence-corrected chi connectivity index (χ3v) is 3.10. The summed E-state index contributed by atoms with van der Waals surface area (Å²) in [6, 6.07) is 5.67. The highest BCUT2D eigenvalue weighted by Crippen LogP contribution is 2.17. The van der Waals surface area contributed by atoms with Crippen LogP contribution in [0.25, 0.3) is 0 Å². The number of aryl methyl sites for hydroxylation is 1. The van der Waals surface area contributed by atoms with Gasteiger partial charge < -0.3 is 10.4 Å². The van der Waals surface area contributed by atoms with Gasteiger partial charge in [0.1, 0.15) is 0 Å². The van der Waals surface area contributed by atoms with Crippen molar-refractivity contribution in [3.63, 3.8) is 0 Å². The molecule has 1 rings (SSSR count). The Kier molecular flexibility index (Phi) is 5.89. The second kappa shape index (κ2) is 7.19. The standard InChI is InChI=1S/C14H18ClNO2/c1-3-6-16-12(9-14(17)18)8-11-4-5-13(15)10(2)7-11/h3-5,7,12,16H,1,6,8-9H2,2H3,(H,17,18). The molecule has 0 amide bonds. The largest absolute Gasteiger partial charge is 0.481 e. The van der Waals surface area contributed by atoms with E-state index >= 15 is 0 Å². The zero-order valence-corrected chi connectivity index (χ0v) is 11.2. The van der Waals surface area contributed by atoms with E-state index in [0.717, 1.165) is 16.1 Å². The minimum Gasteiger partial charge on any atom is -0.481 e. The SMILES string of the molecule is C=CCNC(CC(=O)O)Cc1ccc(Cl)c(C)c1. The number of hydrogen-bond donors (Lipinski definition) is 2. The predicted molar refractivity (Wildman–Crippen MR) is 74.1 cm³/mol. The average Bonchev–Trinajstić information content (AvgIpc) is 2.30. The number of hydrogen-bond acceptors (Lipinski definition) is 2. The van der Waals surface area contributed by atoms with Gasteiger partial charge in [-0.25, -0.2) is 0 Å². The molecule has 98 valence electrons. The third-order valence-electron chi connectivity index (χ3n) is 2.68. The molecule has 4 heteroatoms. The Morgan fingerprint density at radius 3 is 2.89 bits per heavy atom. The number of carboxylic acids is 1. The van der Waals surface area contributed by atoms with Crippen LogP contribution >= 0.6 is 11.6 Å². The zero-order valence-electron chi connectivity index (χ0n) is 10.4. The maximum Gasteiger partial charge on any atom is 0.304 e. The topological polar surface area (TPSA) is 49.3 Å². The Morgan fingerprint density at radius 1 is 1.61 bits per heavy atom. The van der Waals surface area contributed by atoms with Gasteiger partial charge in [0.15, 0.2) is 0 Å². The maximum atomic E-state index is 10.8. The second-order valence-corrected chi connectivity index (χ2v) is 4.69. The molecule has 0 aromatic heterocycles. The first-order valence-corrected chi connectivity index (χ1v) is 6.22. The Balaban J connectivity index is 2.71. The van der Waals surface area contributed by atoms with Crippen LogP contribution in [0.2, 0.25) is 5.02 Å². The number of nitrogens with one attached hydrogen (secondary N) is 1. The van der Waals surface area contributed by atoms with Crippen LogP contribution in [0.15, 0.2) is 30.9 Å². The molecule has 0 saturated heterocycles. The van der Waals surface area contributed by atoms with Gasteiger partial charge in [-0.05, 0) is 30.5 Å². The molecule has 0 aliphatic heterocycles. The first-order valence-electron chi connectivity index (χ1n) is 5.84. The van der Waals surface area contributed by atoms with E-state index in [-0.39, 0.29) is 12.5 Å². The van der Waals surface area contributed by atoms with Gasteiger partial charge in [0.25, 0.3) is 0 Å². The zero-order chi connectivity index (χ0) is 13.5. The fourth-order valence-corrected chi connectivity index (χ4v) is 1.91. The summed E-state index contributed by atoms with van der Waals surface area (Å²) in [6.07, 6.45) is 2.48. The molecule has 0 saturated carbocycles. The molecule has 18 heavy (non-hydrogen) atoms. The molecule has 0 aliphatic rings.